The van der Waals surface area contributed by atoms with E-state index in [0.717, 1.165) is 37.2 Å². The fraction of sp³-hybridized carbons (Fsp3) is 0.412. The van der Waals surface area contributed by atoms with Crippen LogP contribution in [0.5, 0.6) is 0 Å². The first-order valence-electron chi connectivity index (χ1n) is 7.81. The number of amides is 1. The van der Waals surface area contributed by atoms with E-state index in [-0.39, 0.29) is 5.91 Å². The quantitative estimate of drug-likeness (QED) is 0.940. The van der Waals surface area contributed by atoms with Crippen molar-refractivity contribution in [2.24, 2.45) is 0 Å². The molecule has 1 aromatic heterocycles. The van der Waals surface area contributed by atoms with Crippen molar-refractivity contribution in [1.29, 1.82) is 0 Å². The van der Waals surface area contributed by atoms with E-state index in [1.807, 2.05) is 35.2 Å². The summed E-state index contributed by atoms with van der Waals surface area (Å²) in [7, 11) is 4.19. The Bertz CT molecular complexity index is 672. The van der Waals surface area contributed by atoms with Crippen LogP contribution in [0.3, 0.4) is 0 Å². The van der Waals surface area contributed by atoms with E-state index in [0.29, 0.717) is 16.8 Å². The lowest BCUT2D eigenvalue weighted by Gasteiger charge is -2.34. The molecule has 2 aromatic rings. The summed E-state index contributed by atoms with van der Waals surface area (Å²) in [5.41, 5.74) is 2.24. The van der Waals surface area contributed by atoms with E-state index >= 15 is 0 Å². The molecule has 3 rings (SSSR count). The van der Waals surface area contributed by atoms with Crippen LogP contribution < -0.4 is 0 Å². The number of benzene rings is 1. The van der Waals surface area contributed by atoms with Crippen LogP contribution in [0.15, 0.2) is 30.3 Å². The third-order valence-electron chi connectivity index (χ3n) is 4.43. The van der Waals surface area contributed by atoms with Gasteiger partial charge >= 0.3 is 0 Å². The predicted molar refractivity (Wildman–Crippen MR) is 91.6 cm³/mol. The first-order valence-corrected chi connectivity index (χ1v) is 8.19. The van der Waals surface area contributed by atoms with Crippen molar-refractivity contribution in [1.82, 2.24) is 20.0 Å². The minimum atomic E-state index is 0.0231. The lowest BCUT2D eigenvalue weighted by atomic mass is 10.0. The molecule has 0 unspecified atom stereocenters. The van der Waals surface area contributed by atoms with Crippen molar-refractivity contribution < 1.29 is 4.79 Å². The molecule has 122 valence electrons. The summed E-state index contributed by atoms with van der Waals surface area (Å²) in [4.78, 5) is 16.7. The van der Waals surface area contributed by atoms with Gasteiger partial charge in [-0.1, -0.05) is 23.7 Å². The maximum absolute atomic E-state index is 12.6. The van der Waals surface area contributed by atoms with Gasteiger partial charge in [-0.05, 0) is 45.1 Å². The van der Waals surface area contributed by atoms with E-state index in [9.17, 15) is 4.79 Å². The number of carbonyl (C=O) groups excluding carboxylic acids is 1. The molecule has 0 aliphatic carbocycles. The molecule has 0 saturated carbocycles. The van der Waals surface area contributed by atoms with Crippen molar-refractivity contribution in [3.8, 4) is 11.3 Å². The Kier molecular flexibility index (Phi) is 4.68. The molecule has 0 spiro atoms. The molecule has 1 fully saturated rings. The maximum Gasteiger partial charge on any atom is 0.271 e. The smallest absolute Gasteiger partial charge is 0.271 e. The van der Waals surface area contributed by atoms with Crippen LogP contribution in [0.25, 0.3) is 11.3 Å². The standard InChI is InChI=1S/C17H21ClN4O/c1-21(2)14-7-9-22(10-8-14)17(23)16-11-15(19-20-16)12-3-5-13(18)6-4-12/h3-6,11,14H,7-10H2,1-2H3,(H,19,20). The van der Waals surface area contributed by atoms with Crippen LogP contribution in [0.2, 0.25) is 5.02 Å². The van der Waals surface area contributed by atoms with E-state index in [2.05, 4.69) is 29.2 Å². The third-order valence-corrected chi connectivity index (χ3v) is 4.68. The van der Waals surface area contributed by atoms with Crippen molar-refractivity contribution >= 4 is 17.5 Å². The van der Waals surface area contributed by atoms with Crippen molar-refractivity contribution in [3.05, 3.63) is 41.0 Å². The number of nitrogens with zero attached hydrogens (tertiary/aromatic N) is 3. The second-order valence-electron chi connectivity index (χ2n) is 6.16. The Balaban J connectivity index is 1.68. The molecule has 5 nitrogen and oxygen atoms in total. The van der Waals surface area contributed by atoms with Crippen LogP contribution in [-0.2, 0) is 0 Å². The van der Waals surface area contributed by atoms with Gasteiger partial charge in [-0.15, -0.1) is 0 Å². The topological polar surface area (TPSA) is 52.2 Å². The molecule has 0 radical (unpaired) electrons. The molecule has 1 amide bonds. The van der Waals surface area contributed by atoms with Crippen LogP contribution in [0.4, 0.5) is 0 Å². The molecule has 2 heterocycles. The molecule has 0 atom stereocenters. The third kappa shape index (κ3) is 3.57. The minimum Gasteiger partial charge on any atom is -0.337 e. The molecule has 0 bridgehead atoms. The van der Waals surface area contributed by atoms with Crippen LogP contribution in [0, 0.1) is 0 Å². The highest BCUT2D eigenvalue weighted by Gasteiger charge is 2.25. The van der Waals surface area contributed by atoms with Gasteiger partial charge in [-0.3, -0.25) is 9.89 Å². The molecular weight excluding hydrogens is 312 g/mol. The number of carbonyl (C=O) groups is 1. The molecule has 1 N–H and O–H groups in total. The minimum absolute atomic E-state index is 0.0231. The van der Waals surface area contributed by atoms with E-state index in [1.54, 1.807) is 0 Å². The second-order valence-corrected chi connectivity index (χ2v) is 6.60. The van der Waals surface area contributed by atoms with Crippen molar-refractivity contribution in [2.45, 2.75) is 18.9 Å². The number of piperidine rings is 1. The van der Waals surface area contributed by atoms with Gasteiger partial charge in [0.25, 0.3) is 5.91 Å². The number of hydrogen-bond acceptors (Lipinski definition) is 3. The summed E-state index contributed by atoms with van der Waals surface area (Å²) in [6.07, 6.45) is 2.02. The number of halogens is 1. The van der Waals surface area contributed by atoms with Crippen LogP contribution in [0.1, 0.15) is 23.3 Å². The lowest BCUT2D eigenvalue weighted by Crippen LogP contribution is -2.44. The zero-order valence-electron chi connectivity index (χ0n) is 13.4. The number of rotatable bonds is 3. The zero-order valence-corrected chi connectivity index (χ0v) is 14.2. The maximum atomic E-state index is 12.6. The van der Waals surface area contributed by atoms with E-state index in [1.165, 1.54) is 0 Å². The highest BCUT2D eigenvalue weighted by atomic mass is 35.5. The molecule has 1 aliphatic heterocycles. The highest BCUT2D eigenvalue weighted by Crippen LogP contribution is 2.22. The SMILES string of the molecule is CN(C)C1CCN(C(=O)c2cc(-c3ccc(Cl)cc3)n[nH]2)CC1. The van der Waals surface area contributed by atoms with Gasteiger partial charge in [0.15, 0.2) is 0 Å². The Morgan fingerprint density at radius 1 is 1.26 bits per heavy atom. The summed E-state index contributed by atoms with van der Waals surface area (Å²) >= 11 is 5.90. The molecule has 23 heavy (non-hydrogen) atoms. The molecule has 1 aliphatic rings. The van der Waals surface area contributed by atoms with Gasteiger partial charge in [0.2, 0.25) is 0 Å². The number of nitrogens with one attached hydrogen (secondary N) is 1. The van der Waals surface area contributed by atoms with E-state index < -0.39 is 0 Å². The average molecular weight is 333 g/mol. The van der Waals surface area contributed by atoms with Crippen LogP contribution in [-0.4, -0.2) is 59.1 Å². The van der Waals surface area contributed by atoms with Crippen molar-refractivity contribution in [3.63, 3.8) is 0 Å². The fourth-order valence-electron chi connectivity index (χ4n) is 2.96. The normalized spacial score (nSPS) is 16.1. The number of aromatic nitrogens is 2. The Morgan fingerprint density at radius 2 is 1.91 bits per heavy atom. The Hall–Kier alpha value is -1.85. The Morgan fingerprint density at radius 3 is 2.52 bits per heavy atom. The molecular formula is C17H21ClN4O. The van der Waals surface area contributed by atoms with Gasteiger partial charge in [0.1, 0.15) is 5.69 Å². The first kappa shape index (κ1) is 16.0. The lowest BCUT2D eigenvalue weighted by molar-refractivity contribution is 0.0657. The number of aromatic amines is 1. The zero-order chi connectivity index (χ0) is 16.4. The van der Waals surface area contributed by atoms with E-state index in [4.69, 9.17) is 11.6 Å². The number of H-pyrrole nitrogens is 1. The average Bonchev–Trinajstić information content (AvgIpc) is 3.05. The van der Waals surface area contributed by atoms with Gasteiger partial charge in [-0.25, -0.2) is 0 Å². The highest BCUT2D eigenvalue weighted by molar-refractivity contribution is 6.30. The van der Waals surface area contributed by atoms with Crippen molar-refractivity contribution in [2.75, 3.05) is 27.2 Å². The summed E-state index contributed by atoms with van der Waals surface area (Å²) < 4.78 is 0. The molecule has 6 heteroatoms. The van der Waals surface area contributed by atoms with Gasteiger partial charge in [-0.2, -0.15) is 5.10 Å². The molecule has 1 aromatic carbocycles. The number of hydrogen-bond donors (Lipinski definition) is 1. The van der Waals surface area contributed by atoms with Crippen LogP contribution >= 0.6 is 11.6 Å². The second kappa shape index (κ2) is 6.72. The van der Waals surface area contributed by atoms with Gasteiger partial charge in [0, 0.05) is 29.7 Å². The first-order chi connectivity index (χ1) is 11.0. The summed E-state index contributed by atoms with van der Waals surface area (Å²) in [5.74, 6) is 0.0231. The summed E-state index contributed by atoms with van der Waals surface area (Å²) in [6, 6.07) is 9.80. The largest absolute Gasteiger partial charge is 0.337 e. The van der Waals surface area contributed by atoms with Gasteiger partial charge < -0.3 is 9.80 Å². The number of likely N-dealkylation sites (tertiary alicyclic amines) is 1. The summed E-state index contributed by atoms with van der Waals surface area (Å²) in [5, 5.41) is 7.80. The monoisotopic (exact) mass is 332 g/mol. The summed E-state index contributed by atoms with van der Waals surface area (Å²) in [6.45, 7) is 1.58. The predicted octanol–water partition coefficient (Wildman–Crippen LogP) is 2.90. The van der Waals surface area contributed by atoms with Gasteiger partial charge in [0.05, 0.1) is 5.69 Å². The fourth-order valence-corrected chi connectivity index (χ4v) is 3.08. The molecule has 1 saturated heterocycles. The Labute approximate surface area is 141 Å².